The molecule has 0 aromatic heterocycles. The average Bonchev–Trinajstić information content (AvgIpc) is 2.63. The first-order chi connectivity index (χ1) is 11.2. The van der Waals surface area contributed by atoms with Crippen LogP contribution in [-0.2, 0) is 0 Å². The topological polar surface area (TPSA) is 34.1 Å². The molecule has 3 rings (SSSR count). The zero-order valence-corrected chi connectivity index (χ0v) is 13.1. The van der Waals surface area contributed by atoms with Crippen molar-refractivity contribution in [2.24, 2.45) is 0 Å². The maximum atomic E-state index is 12.3. The van der Waals surface area contributed by atoms with Crippen LogP contribution in [0.5, 0.6) is 0 Å². The van der Waals surface area contributed by atoms with E-state index in [1.807, 2.05) is 48.5 Å². The molecule has 0 bridgehead atoms. The van der Waals surface area contributed by atoms with Crippen LogP contribution in [0.1, 0.15) is 26.3 Å². The van der Waals surface area contributed by atoms with E-state index in [0.717, 1.165) is 16.7 Å². The first-order valence-corrected chi connectivity index (χ1v) is 8.03. The van der Waals surface area contributed by atoms with Crippen LogP contribution in [0.2, 0.25) is 0 Å². The van der Waals surface area contributed by atoms with Crippen LogP contribution in [-0.4, -0.2) is 10.9 Å². The molecule has 0 heterocycles. The average molecular weight is 318 g/mol. The van der Waals surface area contributed by atoms with E-state index in [1.165, 1.54) is 0 Å². The van der Waals surface area contributed by atoms with Crippen molar-refractivity contribution >= 4 is 22.7 Å². The minimum atomic E-state index is -0.0171. The van der Waals surface area contributed by atoms with Gasteiger partial charge in [-0.05, 0) is 36.0 Å². The lowest BCUT2D eigenvalue weighted by atomic mass is 10.0. The molecule has 3 aromatic carbocycles. The van der Waals surface area contributed by atoms with Crippen molar-refractivity contribution in [3.63, 3.8) is 0 Å². The minimum absolute atomic E-state index is 0.00673. The molecule has 0 fully saturated rings. The third-order valence-corrected chi connectivity index (χ3v) is 4.30. The van der Waals surface area contributed by atoms with E-state index in [4.69, 9.17) is 0 Å². The summed E-state index contributed by atoms with van der Waals surface area (Å²) in [4.78, 5) is 25.3. The maximum absolute atomic E-state index is 12.3. The second-order valence-corrected chi connectivity index (χ2v) is 6.02. The molecule has 0 N–H and O–H groups in total. The molecular weight excluding hydrogens is 304 g/mol. The summed E-state index contributed by atoms with van der Waals surface area (Å²) in [5, 5.41) is -0.00673. The Morgan fingerprint density at radius 3 is 1.61 bits per heavy atom. The number of benzene rings is 3. The van der Waals surface area contributed by atoms with Crippen molar-refractivity contribution in [1.29, 1.82) is 0 Å². The van der Waals surface area contributed by atoms with Gasteiger partial charge < -0.3 is 0 Å². The Hall–Kier alpha value is -2.65. The van der Waals surface area contributed by atoms with E-state index in [-0.39, 0.29) is 10.9 Å². The Kier molecular flexibility index (Phi) is 4.69. The molecule has 0 atom stereocenters. The fraction of sp³-hybridized carbons (Fsp3) is 0. The molecule has 0 radical (unpaired) electrons. The lowest BCUT2D eigenvalue weighted by Gasteiger charge is -2.04. The van der Waals surface area contributed by atoms with E-state index < -0.39 is 0 Å². The Morgan fingerprint density at radius 2 is 1.04 bits per heavy atom. The van der Waals surface area contributed by atoms with Crippen LogP contribution in [0.15, 0.2) is 89.8 Å². The molecule has 0 aliphatic heterocycles. The van der Waals surface area contributed by atoms with Crippen molar-refractivity contribution in [2.45, 2.75) is 4.90 Å². The minimum Gasteiger partial charge on any atom is -0.289 e. The molecule has 0 saturated carbocycles. The van der Waals surface area contributed by atoms with Crippen LogP contribution >= 0.6 is 11.8 Å². The molecule has 0 unspecified atom stereocenters. The van der Waals surface area contributed by atoms with Crippen molar-refractivity contribution in [3.05, 3.63) is 102 Å². The summed E-state index contributed by atoms with van der Waals surface area (Å²) in [5.41, 5.74) is 1.95. The van der Waals surface area contributed by atoms with Crippen LogP contribution in [0.3, 0.4) is 0 Å². The molecule has 0 aliphatic rings. The summed E-state index contributed by atoms with van der Waals surface area (Å²) < 4.78 is 0. The predicted octanol–water partition coefficient (Wildman–Crippen LogP) is 4.85. The first-order valence-electron chi connectivity index (χ1n) is 7.21. The summed E-state index contributed by atoms with van der Waals surface area (Å²) in [5.74, 6) is -0.0171. The lowest BCUT2D eigenvalue weighted by molar-refractivity contribution is 0.103. The van der Waals surface area contributed by atoms with Gasteiger partial charge in [0.15, 0.2) is 5.78 Å². The van der Waals surface area contributed by atoms with Gasteiger partial charge in [-0.2, -0.15) is 0 Å². The number of carbonyl (C=O) groups excluding carboxylic acids is 2. The number of rotatable bonds is 4. The van der Waals surface area contributed by atoms with Gasteiger partial charge >= 0.3 is 0 Å². The molecule has 0 aliphatic carbocycles. The van der Waals surface area contributed by atoms with Gasteiger partial charge in [0.05, 0.1) is 0 Å². The van der Waals surface area contributed by atoms with E-state index in [2.05, 4.69) is 0 Å². The maximum Gasteiger partial charge on any atom is 0.224 e. The highest BCUT2D eigenvalue weighted by Crippen LogP contribution is 2.23. The van der Waals surface area contributed by atoms with E-state index in [1.54, 1.807) is 36.4 Å². The fourth-order valence-corrected chi connectivity index (χ4v) is 2.91. The molecule has 23 heavy (non-hydrogen) atoms. The normalized spacial score (nSPS) is 10.3. The van der Waals surface area contributed by atoms with E-state index in [9.17, 15) is 9.59 Å². The van der Waals surface area contributed by atoms with Gasteiger partial charge in [-0.3, -0.25) is 9.59 Å². The summed E-state index contributed by atoms with van der Waals surface area (Å²) >= 11 is 1.16. The van der Waals surface area contributed by atoms with Gasteiger partial charge in [0.2, 0.25) is 5.12 Å². The van der Waals surface area contributed by atoms with Gasteiger partial charge in [0, 0.05) is 21.6 Å². The van der Waals surface area contributed by atoms with Crippen LogP contribution in [0, 0.1) is 0 Å². The lowest BCUT2D eigenvalue weighted by Crippen LogP contribution is -2.00. The largest absolute Gasteiger partial charge is 0.289 e. The van der Waals surface area contributed by atoms with Crippen LogP contribution < -0.4 is 0 Å². The highest BCUT2D eigenvalue weighted by atomic mass is 32.2. The van der Waals surface area contributed by atoms with Crippen LogP contribution in [0.25, 0.3) is 0 Å². The molecule has 0 spiro atoms. The summed E-state index contributed by atoms with van der Waals surface area (Å²) in [6.07, 6.45) is 0. The third-order valence-electron chi connectivity index (χ3n) is 3.37. The predicted molar refractivity (Wildman–Crippen MR) is 92.9 cm³/mol. The summed E-state index contributed by atoms with van der Waals surface area (Å²) in [7, 11) is 0. The van der Waals surface area contributed by atoms with Crippen molar-refractivity contribution in [2.75, 3.05) is 0 Å². The Labute approximate surface area is 139 Å². The quantitative estimate of drug-likeness (QED) is 0.509. The molecule has 2 nitrogen and oxygen atoms in total. The zero-order valence-electron chi connectivity index (χ0n) is 12.3. The van der Waals surface area contributed by atoms with Crippen molar-refractivity contribution in [3.8, 4) is 0 Å². The molecule has 112 valence electrons. The van der Waals surface area contributed by atoms with E-state index in [0.29, 0.717) is 16.7 Å². The molecule has 0 amide bonds. The zero-order chi connectivity index (χ0) is 16.1. The standard InChI is InChI=1S/C20H14O2S/c21-19(15-7-3-1-4-8-15)16-11-13-18(14-12-16)23-20(22)17-9-5-2-6-10-17/h1-14H. The number of ketones is 1. The van der Waals surface area contributed by atoms with Gasteiger partial charge in [-0.15, -0.1) is 0 Å². The number of hydrogen-bond donors (Lipinski definition) is 0. The monoisotopic (exact) mass is 318 g/mol. The summed E-state index contributed by atoms with van der Waals surface area (Å²) in [6.45, 7) is 0. The number of hydrogen-bond acceptors (Lipinski definition) is 3. The smallest absolute Gasteiger partial charge is 0.224 e. The van der Waals surface area contributed by atoms with Crippen molar-refractivity contribution in [1.82, 2.24) is 0 Å². The van der Waals surface area contributed by atoms with Gasteiger partial charge in [0.1, 0.15) is 0 Å². The van der Waals surface area contributed by atoms with Gasteiger partial charge in [-0.1, -0.05) is 60.7 Å². The second-order valence-electron chi connectivity index (χ2n) is 4.98. The Morgan fingerprint density at radius 1 is 0.565 bits per heavy atom. The SMILES string of the molecule is O=C(Sc1ccc(C(=O)c2ccccc2)cc1)c1ccccc1. The van der Waals surface area contributed by atoms with Crippen LogP contribution in [0.4, 0.5) is 0 Å². The molecule has 3 heteroatoms. The molecule has 0 saturated heterocycles. The second kappa shape index (κ2) is 7.07. The fourth-order valence-electron chi connectivity index (χ4n) is 2.17. The van der Waals surface area contributed by atoms with Gasteiger partial charge in [-0.25, -0.2) is 0 Å². The number of thioether (sulfide) groups is 1. The first kappa shape index (κ1) is 15.3. The Balaban J connectivity index is 1.73. The third kappa shape index (κ3) is 3.76. The Bertz CT molecular complexity index is 809. The number of carbonyl (C=O) groups is 2. The van der Waals surface area contributed by atoms with Crippen molar-refractivity contribution < 1.29 is 9.59 Å². The summed E-state index contributed by atoms with van der Waals surface area (Å²) in [6, 6.07) is 25.4. The molecular formula is C20H14O2S. The highest BCUT2D eigenvalue weighted by molar-refractivity contribution is 8.14. The van der Waals surface area contributed by atoms with Gasteiger partial charge in [0.25, 0.3) is 0 Å². The molecule has 3 aromatic rings. The van der Waals surface area contributed by atoms with E-state index >= 15 is 0 Å². The highest BCUT2D eigenvalue weighted by Gasteiger charge is 2.10.